The van der Waals surface area contributed by atoms with Crippen LogP contribution in [0.15, 0.2) is 36.4 Å². The standard InChI is InChI=1S/C14H9Cl3O/c15-14(16,17)12-6-5-10-9-4-2-1-3-8(9)7-11(10)13(12)18/h1-6,18H,7H2. The summed E-state index contributed by atoms with van der Waals surface area (Å²) in [6.07, 6.45) is 0.673. The number of rotatable bonds is 0. The largest absolute Gasteiger partial charge is 0.507 e. The Balaban J connectivity index is 2.22. The van der Waals surface area contributed by atoms with Crippen LogP contribution in [0.3, 0.4) is 0 Å². The first-order chi connectivity index (χ1) is 8.48. The van der Waals surface area contributed by atoms with Gasteiger partial charge in [-0.2, -0.15) is 0 Å². The van der Waals surface area contributed by atoms with E-state index in [1.54, 1.807) is 6.07 Å². The predicted octanol–water partition coefficient (Wildman–Crippen LogP) is 4.79. The smallest absolute Gasteiger partial charge is 0.219 e. The van der Waals surface area contributed by atoms with E-state index < -0.39 is 3.79 Å². The topological polar surface area (TPSA) is 20.2 Å². The molecule has 0 heterocycles. The maximum atomic E-state index is 10.3. The number of aromatic hydroxyl groups is 1. The molecule has 0 amide bonds. The first kappa shape index (κ1) is 12.2. The van der Waals surface area contributed by atoms with E-state index in [0.717, 1.165) is 16.7 Å². The summed E-state index contributed by atoms with van der Waals surface area (Å²) in [7, 11) is 0. The number of alkyl halides is 3. The van der Waals surface area contributed by atoms with E-state index in [0.29, 0.717) is 12.0 Å². The minimum absolute atomic E-state index is 0.0868. The minimum Gasteiger partial charge on any atom is -0.507 e. The lowest BCUT2D eigenvalue weighted by Crippen LogP contribution is -2.02. The number of phenolic OH excluding ortho intramolecular Hbond substituents is 1. The van der Waals surface area contributed by atoms with Crippen molar-refractivity contribution in [2.75, 3.05) is 0 Å². The van der Waals surface area contributed by atoms with Crippen molar-refractivity contribution in [3.8, 4) is 16.9 Å². The van der Waals surface area contributed by atoms with Crippen LogP contribution in [0, 0.1) is 0 Å². The second-order valence-electron chi connectivity index (χ2n) is 4.32. The van der Waals surface area contributed by atoms with Gasteiger partial charge in [0.05, 0.1) is 0 Å². The van der Waals surface area contributed by atoms with Crippen molar-refractivity contribution in [3.05, 3.63) is 53.1 Å². The number of hydrogen-bond acceptors (Lipinski definition) is 1. The summed E-state index contributed by atoms with van der Waals surface area (Å²) in [5, 5.41) is 10.3. The van der Waals surface area contributed by atoms with Gasteiger partial charge >= 0.3 is 0 Å². The SMILES string of the molecule is Oc1c(C(Cl)(Cl)Cl)ccc2c1Cc1ccccc1-2. The first-order valence-corrected chi connectivity index (χ1v) is 6.62. The lowest BCUT2D eigenvalue weighted by atomic mass is 10.0. The molecule has 92 valence electrons. The number of fused-ring (bicyclic) bond motifs is 3. The van der Waals surface area contributed by atoms with Crippen molar-refractivity contribution in [3.63, 3.8) is 0 Å². The molecule has 0 aliphatic heterocycles. The van der Waals surface area contributed by atoms with Crippen LogP contribution in [-0.2, 0) is 10.2 Å². The van der Waals surface area contributed by atoms with E-state index in [2.05, 4.69) is 0 Å². The zero-order valence-electron chi connectivity index (χ0n) is 9.25. The summed E-state index contributed by atoms with van der Waals surface area (Å²) in [4.78, 5) is 0. The zero-order valence-corrected chi connectivity index (χ0v) is 11.5. The maximum absolute atomic E-state index is 10.3. The molecule has 3 rings (SSSR count). The van der Waals surface area contributed by atoms with E-state index in [1.807, 2.05) is 30.3 Å². The van der Waals surface area contributed by atoms with Gasteiger partial charge in [0.2, 0.25) is 3.79 Å². The lowest BCUT2D eigenvalue weighted by Gasteiger charge is -2.15. The first-order valence-electron chi connectivity index (χ1n) is 5.49. The van der Waals surface area contributed by atoms with Crippen molar-refractivity contribution in [1.29, 1.82) is 0 Å². The molecule has 1 aliphatic carbocycles. The van der Waals surface area contributed by atoms with Crippen LogP contribution in [0.25, 0.3) is 11.1 Å². The predicted molar refractivity (Wildman–Crippen MR) is 75.6 cm³/mol. The van der Waals surface area contributed by atoms with E-state index in [-0.39, 0.29) is 5.75 Å². The van der Waals surface area contributed by atoms with Crippen molar-refractivity contribution in [2.45, 2.75) is 10.2 Å². The molecule has 0 saturated carbocycles. The van der Waals surface area contributed by atoms with E-state index in [4.69, 9.17) is 34.8 Å². The van der Waals surface area contributed by atoms with E-state index in [1.165, 1.54) is 5.56 Å². The molecule has 1 N–H and O–H groups in total. The molecule has 1 aliphatic rings. The summed E-state index contributed by atoms with van der Waals surface area (Å²) in [5.41, 5.74) is 4.50. The van der Waals surface area contributed by atoms with Crippen LogP contribution in [0.4, 0.5) is 0 Å². The molecule has 2 aromatic carbocycles. The van der Waals surface area contributed by atoms with Gasteiger partial charge in [0.1, 0.15) is 5.75 Å². The summed E-state index contributed by atoms with van der Waals surface area (Å²) < 4.78 is -1.60. The van der Waals surface area contributed by atoms with Gasteiger partial charge in [0, 0.05) is 17.5 Å². The number of halogens is 3. The molecule has 0 spiro atoms. The summed E-state index contributed by atoms with van der Waals surface area (Å²) in [6.45, 7) is 0. The molecule has 0 aromatic heterocycles. The summed E-state index contributed by atoms with van der Waals surface area (Å²) in [5.74, 6) is 0.0868. The van der Waals surface area contributed by atoms with Crippen LogP contribution >= 0.6 is 34.8 Å². The third-order valence-corrected chi connectivity index (χ3v) is 3.87. The average Bonchev–Trinajstić information content (AvgIpc) is 2.68. The van der Waals surface area contributed by atoms with Crippen LogP contribution in [0.2, 0.25) is 0 Å². The highest BCUT2D eigenvalue weighted by Crippen LogP contribution is 2.49. The Bertz CT molecular complexity index is 629. The van der Waals surface area contributed by atoms with Crippen LogP contribution in [0.1, 0.15) is 16.7 Å². The molecule has 0 atom stereocenters. The van der Waals surface area contributed by atoms with Crippen molar-refractivity contribution in [1.82, 2.24) is 0 Å². The van der Waals surface area contributed by atoms with Gasteiger partial charge in [0.25, 0.3) is 0 Å². The van der Waals surface area contributed by atoms with E-state index >= 15 is 0 Å². The number of hydrogen-bond donors (Lipinski definition) is 1. The molecule has 2 aromatic rings. The molecule has 1 nitrogen and oxygen atoms in total. The Kier molecular flexibility index (Phi) is 2.74. The summed E-state index contributed by atoms with van der Waals surface area (Å²) >= 11 is 17.5. The zero-order chi connectivity index (χ0) is 12.9. The Morgan fingerprint density at radius 1 is 0.944 bits per heavy atom. The number of benzene rings is 2. The lowest BCUT2D eigenvalue weighted by molar-refractivity contribution is 0.464. The van der Waals surface area contributed by atoms with Gasteiger partial charge in [-0.3, -0.25) is 0 Å². The monoisotopic (exact) mass is 298 g/mol. The van der Waals surface area contributed by atoms with E-state index in [9.17, 15) is 5.11 Å². The highest BCUT2D eigenvalue weighted by atomic mass is 35.6. The van der Waals surface area contributed by atoms with Crippen molar-refractivity contribution in [2.24, 2.45) is 0 Å². The van der Waals surface area contributed by atoms with Crippen LogP contribution in [-0.4, -0.2) is 5.11 Å². The third kappa shape index (κ3) is 1.78. The quantitative estimate of drug-likeness (QED) is 0.592. The molecular weight excluding hydrogens is 291 g/mol. The number of phenols is 1. The van der Waals surface area contributed by atoms with Crippen molar-refractivity contribution < 1.29 is 5.11 Å². The minimum atomic E-state index is -1.60. The Hall–Kier alpha value is -0.890. The van der Waals surface area contributed by atoms with Gasteiger partial charge in [-0.1, -0.05) is 71.2 Å². The molecule has 0 saturated heterocycles. The van der Waals surface area contributed by atoms with Gasteiger partial charge in [-0.25, -0.2) is 0 Å². The van der Waals surface area contributed by atoms with Crippen LogP contribution in [0.5, 0.6) is 5.75 Å². The fourth-order valence-corrected chi connectivity index (χ4v) is 2.88. The maximum Gasteiger partial charge on any atom is 0.219 e. The van der Waals surface area contributed by atoms with Gasteiger partial charge in [-0.15, -0.1) is 0 Å². The molecule has 0 unspecified atom stereocenters. The highest BCUT2D eigenvalue weighted by molar-refractivity contribution is 6.66. The molecule has 4 heteroatoms. The molecule has 18 heavy (non-hydrogen) atoms. The molecular formula is C14H9Cl3O. The Labute approximate surface area is 120 Å². The summed E-state index contributed by atoms with van der Waals surface area (Å²) in [6, 6.07) is 11.6. The molecule has 0 bridgehead atoms. The van der Waals surface area contributed by atoms with Gasteiger partial charge in [0.15, 0.2) is 0 Å². The fraction of sp³-hybridized carbons (Fsp3) is 0.143. The molecule has 0 radical (unpaired) electrons. The third-order valence-electron chi connectivity index (χ3n) is 3.26. The second kappa shape index (κ2) is 4.06. The Morgan fingerprint density at radius 3 is 2.39 bits per heavy atom. The average molecular weight is 300 g/mol. The van der Waals surface area contributed by atoms with Gasteiger partial charge < -0.3 is 5.11 Å². The van der Waals surface area contributed by atoms with Crippen molar-refractivity contribution >= 4 is 34.8 Å². The Morgan fingerprint density at radius 2 is 1.67 bits per heavy atom. The second-order valence-corrected chi connectivity index (χ2v) is 6.60. The van der Waals surface area contributed by atoms with Crippen LogP contribution < -0.4 is 0 Å². The normalized spacial score (nSPS) is 13.3. The fourth-order valence-electron chi connectivity index (χ4n) is 2.42. The van der Waals surface area contributed by atoms with Gasteiger partial charge in [-0.05, 0) is 16.7 Å². The highest BCUT2D eigenvalue weighted by Gasteiger charge is 2.31. The molecule has 0 fully saturated rings.